The van der Waals surface area contributed by atoms with Crippen LogP contribution in [0.2, 0.25) is 0 Å². The second kappa shape index (κ2) is 6.58. The summed E-state index contributed by atoms with van der Waals surface area (Å²) < 4.78 is 5.32. The third kappa shape index (κ3) is 2.94. The van der Waals surface area contributed by atoms with Crippen LogP contribution in [0.1, 0.15) is 38.2 Å². The lowest BCUT2D eigenvalue weighted by Gasteiger charge is -2.45. The van der Waals surface area contributed by atoms with E-state index < -0.39 is 0 Å². The molecule has 3 aliphatic carbocycles. The third-order valence-corrected chi connectivity index (χ3v) is 5.70. The van der Waals surface area contributed by atoms with Crippen molar-refractivity contribution in [2.45, 2.75) is 45.6 Å². The minimum absolute atomic E-state index is 0.145. The first-order valence-corrected chi connectivity index (χ1v) is 9.38. The van der Waals surface area contributed by atoms with Crippen molar-refractivity contribution in [3.8, 4) is 0 Å². The Kier molecular flexibility index (Phi) is 4.28. The molecule has 0 saturated heterocycles. The summed E-state index contributed by atoms with van der Waals surface area (Å²) in [6.07, 6.45) is 6.82. The van der Waals surface area contributed by atoms with Crippen LogP contribution in [-0.4, -0.2) is 18.6 Å². The molecule has 4 heteroatoms. The van der Waals surface area contributed by atoms with Gasteiger partial charge in [0.2, 0.25) is 0 Å². The Morgan fingerprint density at radius 1 is 1.24 bits per heavy atom. The van der Waals surface area contributed by atoms with E-state index in [-0.39, 0.29) is 12.0 Å². The summed E-state index contributed by atoms with van der Waals surface area (Å²) in [4.78, 5) is 12.5. The molecule has 1 aromatic carbocycles. The van der Waals surface area contributed by atoms with Gasteiger partial charge >= 0.3 is 5.97 Å². The van der Waals surface area contributed by atoms with Crippen LogP contribution in [0.5, 0.6) is 0 Å². The molecule has 0 amide bonds. The summed E-state index contributed by atoms with van der Waals surface area (Å²) in [6, 6.07) is 8.10. The highest BCUT2D eigenvalue weighted by atomic mass is 16.5. The molecule has 4 aliphatic rings. The number of anilines is 1. The predicted molar refractivity (Wildman–Crippen MR) is 98.9 cm³/mol. The van der Waals surface area contributed by atoms with Crippen molar-refractivity contribution in [1.29, 1.82) is 0 Å². The van der Waals surface area contributed by atoms with Crippen molar-refractivity contribution >= 4 is 11.7 Å². The van der Waals surface area contributed by atoms with E-state index in [1.165, 1.54) is 42.4 Å². The maximum atomic E-state index is 12.5. The van der Waals surface area contributed by atoms with Crippen LogP contribution in [0.25, 0.3) is 0 Å². The Bertz CT molecular complexity index is 742. The van der Waals surface area contributed by atoms with Crippen molar-refractivity contribution in [1.82, 2.24) is 5.32 Å². The number of allylic oxidation sites excluding steroid dienone is 1. The molecule has 1 saturated carbocycles. The molecule has 1 heterocycles. The number of benzene rings is 1. The van der Waals surface area contributed by atoms with Gasteiger partial charge in [-0.2, -0.15) is 0 Å². The van der Waals surface area contributed by atoms with Gasteiger partial charge in [-0.05, 0) is 80.2 Å². The first kappa shape index (κ1) is 16.2. The number of hydrogen-bond acceptors (Lipinski definition) is 4. The Hall–Kier alpha value is -2.23. The van der Waals surface area contributed by atoms with Crippen LogP contribution >= 0.6 is 0 Å². The standard InChI is InChI=1S/C21H26N2O2/c1-3-25-21(24)20-19-15-9-7-14(8-10-15)18(19)17(12-22-20)23-16-6-4-5-13(2)11-16/h4-6,11-12,14-15,20,22-23H,3,7-10H2,1-2H3. The highest BCUT2D eigenvalue weighted by Gasteiger charge is 2.43. The van der Waals surface area contributed by atoms with Gasteiger partial charge in [0.1, 0.15) is 6.04 Å². The topological polar surface area (TPSA) is 50.4 Å². The maximum absolute atomic E-state index is 12.5. The predicted octanol–water partition coefficient (Wildman–Crippen LogP) is 3.90. The SMILES string of the molecule is CCOC(=O)C1NC=C(Nc2cccc(C)c2)C2=C1C1CCC2CC1. The molecule has 132 valence electrons. The summed E-state index contributed by atoms with van der Waals surface area (Å²) in [5.74, 6) is 0.918. The molecule has 1 aliphatic heterocycles. The molecule has 0 aromatic heterocycles. The van der Waals surface area contributed by atoms with Gasteiger partial charge in [0, 0.05) is 11.9 Å². The largest absolute Gasteiger partial charge is 0.464 e. The smallest absolute Gasteiger partial charge is 0.332 e. The van der Waals surface area contributed by atoms with Gasteiger partial charge in [0.25, 0.3) is 0 Å². The number of aryl methyl sites for hydroxylation is 1. The number of dihydropyridines is 1. The third-order valence-electron chi connectivity index (χ3n) is 5.70. The van der Waals surface area contributed by atoms with E-state index in [0.29, 0.717) is 18.4 Å². The molecule has 1 aromatic rings. The molecule has 2 N–H and O–H groups in total. The number of esters is 1. The molecule has 4 nitrogen and oxygen atoms in total. The van der Waals surface area contributed by atoms with E-state index >= 15 is 0 Å². The van der Waals surface area contributed by atoms with E-state index in [1.54, 1.807) is 0 Å². The fraction of sp³-hybridized carbons (Fsp3) is 0.476. The average Bonchev–Trinajstić information content (AvgIpc) is 2.63. The van der Waals surface area contributed by atoms with Gasteiger partial charge in [-0.1, -0.05) is 12.1 Å². The average molecular weight is 338 g/mol. The van der Waals surface area contributed by atoms with Crippen LogP contribution in [-0.2, 0) is 9.53 Å². The second-order valence-electron chi connectivity index (χ2n) is 7.32. The first-order valence-electron chi connectivity index (χ1n) is 9.38. The minimum atomic E-state index is -0.314. The Morgan fingerprint density at radius 3 is 2.72 bits per heavy atom. The normalized spacial score (nSPS) is 27.3. The molecular weight excluding hydrogens is 312 g/mol. The monoisotopic (exact) mass is 338 g/mol. The van der Waals surface area contributed by atoms with E-state index in [1.807, 2.05) is 13.1 Å². The molecule has 1 fully saturated rings. The highest BCUT2D eigenvalue weighted by molar-refractivity contribution is 5.82. The molecule has 2 bridgehead atoms. The molecule has 5 rings (SSSR count). The van der Waals surface area contributed by atoms with Crippen LogP contribution in [0.4, 0.5) is 5.69 Å². The van der Waals surface area contributed by atoms with E-state index in [9.17, 15) is 4.79 Å². The van der Waals surface area contributed by atoms with Gasteiger partial charge in [-0.15, -0.1) is 0 Å². The zero-order chi connectivity index (χ0) is 17.4. The Labute approximate surface area is 149 Å². The number of rotatable bonds is 4. The lowest BCUT2D eigenvalue weighted by atomic mass is 9.63. The fourth-order valence-electron chi connectivity index (χ4n) is 4.65. The molecule has 0 spiro atoms. The number of fused-ring (bicyclic) bond motifs is 2. The van der Waals surface area contributed by atoms with Crippen molar-refractivity contribution in [2.75, 3.05) is 11.9 Å². The number of nitrogens with one attached hydrogen (secondary N) is 2. The van der Waals surface area contributed by atoms with Crippen LogP contribution in [0, 0.1) is 18.8 Å². The highest BCUT2D eigenvalue weighted by Crippen LogP contribution is 2.50. The summed E-state index contributed by atoms with van der Waals surface area (Å²) in [5, 5.41) is 6.90. The van der Waals surface area contributed by atoms with Gasteiger partial charge < -0.3 is 15.4 Å². The van der Waals surface area contributed by atoms with Crippen molar-refractivity contribution in [2.24, 2.45) is 11.8 Å². The van der Waals surface area contributed by atoms with Crippen LogP contribution in [0.15, 0.2) is 47.3 Å². The number of hydrogen-bond donors (Lipinski definition) is 2. The molecule has 1 unspecified atom stereocenters. The van der Waals surface area contributed by atoms with Crippen molar-refractivity contribution in [3.05, 3.63) is 52.9 Å². The summed E-state index contributed by atoms with van der Waals surface area (Å²) in [7, 11) is 0. The van der Waals surface area contributed by atoms with Crippen LogP contribution in [0.3, 0.4) is 0 Å². The first-order chi connectivity index (χ1) is 12.2. The van der Waals surface area contributed by atoms with Gasteiger partial charge in [-0.3, -0.25) is 0 Å². The van der Waals surface area contributed by atoms with Crippen molar-refractivity contribution < 1.29 is 9.53 Å². The molecular formula is C21H26N2O2. The number of carbonyl (C=O) groups excluding carboxylic acids is 1. The van der Waals surface area contributed by atoms with E-state index in [2.05, 4.69) is 41.8 Å². The van der Waals surface area contributed by atoms with Crippen LogP contribution < -0.4 is 10.6 Å². The van der Waals surface area contributed by atoms with E-state index in [0.717, 1.165) is 11.4 Å². The Morgan fingerprint density at radius 2 is 2.00 bits per heavy atom. The molecule has 0 radical (unpaired) electrons. The summed E-state index contributed by atoms with van der Waals surface area (Å²) >= 11 is 0. The van der Waals surface area contributed by atoms with Gasteiger partial charge in [0.15, 0.2) is 0 Å². The zero-order valence-corrected chi connectivity index (χ0v) is 15.0. The number of ether oxygens (including phenoxy) is 1. The lowest BCUT2D eigenvalue weighted by molar-refractivity contribution is -0.144. The zero-order valence-electron chi connectivity index (χ0n) is 15.0. The maximum Gasteiger partial charge on any atom is 0.332 e. The summed E-state index contributed by atoms with van der Waals surface area (Å²) in [6.45, 7) is 4.39. The van der Waals surface area contributed by atoms with Gasteiger partial charge in [-0.25, -0.2) is 4.79 Å². The minimum Gasteiger partial charge on any atom is -0.464 e. The quantitative estimate of drug-likeness (QED) is 0.818. The molecule has 1 atom stereocenters. The molecule has 25 heavy (non-hydrogen) atoms. The van der Waals surface area contributed by atoms with E-state index in [4.69, 9.17) is 4.74 Å². The Balaban J connectivity index is 1.69. The van der Waals surface area contributed by atoms with Gasteiger partial charge in [0.05, 0.1) is 12.3 Å². The lowest BCUT2D eigenvalue weighted by Crippen LogP contribution is -2.47. The fourth-order valence-corrected chi connectivity index (χ4v) is 4.65. The second-order valence-corrected chi connectivity index (χ2v) is 7.32. The summed E-state index contributed by atoms with van der Waals surface area (Å²) in [5.41, 5.74) is 6.09. The number of carbonyl (C=O) groups is 1. The van der Waals surface area contributed by atoms with Crippen molar-refractivity contribution in [3.63, 3.8) is 0 Å².